The van der Waals surface area contributed by atoms with Crippen LogP contribution in [-0.4, -0.2) is 22.8 Å². The van der Waals surface area contributed by atoms with Gasteiger partial charge in [-0.25, -0.2) is 4.98 Å². The number of imidazole rings is 1. The van der Waals surface area contributed by atoms with E-state index in [4.69, 9.17) is 22.1 Å². The van der Waals surface area contributed by atoms with Crippen LogP contribution in [0.15, 0.2) is 18.2 Å². The molecular formula is C12H16ClN3O. The molecule has 2 rings (SSSR count). The molecular weight excluding hydrogens is 238 g/mol. The smallest absolute Gasteiger partial charge is 0.201 e. The van der Waals surface area contributed by atoms with Crippen LogP contribution in [0.2, 0.25) is 5.02 Å². The van der Waals surface area contributed by atoms with Crippen molar-refractivity contribution in [3.8, 4) is 0 Å². The summed E-state index contributed by atoms with van der Waals surface area (Å²) in [5, 5.41) is 0.666. The van der Waals surface area contributed by atoms with Crippen LogP contribution >= 0.6 is 11.6 Å². The van der Waals surface area contributed by atoms with Gasteiger partial charge in [-0.2, -0.15) is 0 Å². The molecule has 0 saturated carbocycles. The maximum atomic E-state index is 5.93. The molecule has 0 amide bonds. The van der Waals surface area contributed by atoms with Gasteiger partial charge in [0.05, 0.1) is 23.7 Å². The second kappa shape index (κ2) is 4.94. The fourth-order valence-electron chi connectivity index (χ4n) is 1.92. The number of rotatable bonds is 4. The van der Waals surface area contributed by atoms with Crippen molar-refractivity contribution in [2.24, 2.45) is 0 Å². The summed E-state index contributed by atoms with van der Waals surface area (Å²) in [6, 6.07) is 5.75. The van der Waals surface area contributed by atoms with Crippen molar-refractivity contribution in [1.82, 2.24) is 9.55 Å². The first kappa shape index (κ1) is 12.2. The van der Waals surface area contributed by atoms with Crippen LogP contribution < -0.4 is 5.73 Å². The molecule has 4 nitrogen and oxygen atoms in total. The minimum atomic E-state index is 0.154. The van der Waals surface area contributed by atoms with Gasteiger partial charge >= 0.3 is 0 Å². The zero-order chi connectivity index (χ0) is 12.4. The van der Waals surface area contributed by atoms with Crippen molar-refractivity contribution < 1.29 is 4.74 Å². The first-order valence-corrected chi connectivity index (χ1v) is 6.02. The normalized spacial score (nSPS) is 13.1. The molecule has 0 aliphatic heterocycles. The zero-order valence-corrected chi connectivity index (χ0v) is 10.7. The van der Waals surface area contributed by atoms with Crippen LogP contribution in [0.3, 0.4) is 0 Å². The summed E-state index contributed by atoms with van der Waals surface area (Å²) in [4.78, 5) is 4.30. The molecule has 0 fully saturated rings. The van der Waals surface area contributed by atoms with Gasteiger partial charge in [0.25, 0.3) is 0 Å². The van der Waals surface area contributed by atoms with Gasteiger partial charge in [0.1, 0.15) is 0 Å². The van der Waals surface area contributed by atoms with Gasteiger partial charge in [-0.1, -0.05) is 11.6 Å². The Morgan fingerprint density at radius 3 is 3.00 bits per heavy atom. The van der Waals surface area contributed by atoms with E-state index in [1.54, 1.807) is 0 Å². The number of hydrogen-bond acceptors (Lipinski definition) is 3. The number of ether oxygens (including phenoxy) is 1. The molecule has 0 bridgehead atoms. The number of nitrogens with two attached hydrogens (primary N) is 1. The van der Waals surface area contributed by atoms with Gasteiger partial charge in [0.15, 0.2) is 0 Å². The van der Waals surface area contributed by atoms with Crippen LogP contribution in [0, 0.1) is 0 Å². The molecule has 5 heteroatoms. The monoisotopic (exact) mass is 253 g/mol. The van der Waals surface area contributed by atoms with E-state index in [1.807, 2.05) is 29.7 Å². The van der Waals surface area contributed by atoms with Gasteiger partial charge in [-0.15, -0.1) is 0 Å². The molecule has 2 N–H and O–H groups in total. The highest BCUT2D eigenvalue weighted by atomic mass is 35.5. The van der Waals surface area contributed by atoms with Gasteiger partial charge in [-0.3, -0.25) is 0 Å². The van der Waals surface area contributed by atoms with E-state index in [2.05, 4.69) is 11.9 Å². The second-order valence-electron chi connectivity index (χ2n) is 3.98. The summed E-state index contributed by atoms with van der Waals surface area (Å²) in [7, 11) is 0. The lowest BCUT2D eigenvalue weighted by atomic mass is 10.3. The molecule has 1 unspecified atom stereocenters. The number of halogens is 1. The second-order valence-corrected chi connectivity index (χ2v) is 4.42. The van der Waals surface area contributed by atoms with Crippen LogP contribution in [0.4, 0.5) is 5.95 Å². The minimum absolute atomic E-state index is 0.154. The van der Waals surface area contributed by atoms with Crippen LogP contribution in [0.1, 0.15) is 19.9 Å². The highest BCUT2D eigenvalue weighted by molar-refractivity contribution is 6.31. The first-order valence-electron chi connectivity index (χ1n) is 5.64. The third kappa shape index (κ3) is 2.37. The third-order valence-corrected chi connectivity index (χ3v) is 2.92. The quantitative estimate of drug-likeness (QED) is 0.912. The van der Waals surface area contributed by atoms with Gasteiger partial charge in [0, 0.05) is 11.6 Å². The van der Waals surface area contributed by atoms with E-state index in [-0.39, 0.29) is 6.04 Å². The standard InChI is InChI=1S/C12H16ClN3O/c1-3-17-7-8(2)16-11-5-4-9(13)6-10(11)15-12(16)14/h4-6,8H,3,7H2,1-2H3,(H2,14,15). The molecule has 1 aromatic heterocycles. The van der Waals surface area contributed by atoms with Crippen molar-refractivity contribution in [3.05, 3.63) is 23.2 Å². The minimum Gasteiger partial charge on any atom is -0.380 e. The van der Waals surface area contributed by atoms with E-state index in [0.717, 1.165) is 11.0 Å². The molecule has 0 aliphatic rings. The van der Waals surface area contributed by atoms with E-state index in [1.165, 1.54) is 0 Å². The Balaban J connectivity index is 2.42. The SMILES string of the molecule is CCOCC(C)n1c(N)nc2cc(Cl)ccc21. The van der Waals surface area contributed by atoms with Crippen molar-refractivity contribution in [1.29, 1.82) is 0 Å². The lowest BCUT2D eigenvalue weighted by molar-refractivity contribution is 0.120. The average molecular weight is 254 g/mol. The molecule has 2 aromatic rings. The third-order valence-electron chi connectivity index (χ3n) is 2.68. The number of fused-ring (bicyclic) bond motifs is 1. The van der Waals surface area contributed by atoms with E-state index in [9.17, 15) is 0 Å². The van der Waals surface area contributed by atoms with Crippen LogP contribution in [0.25, 0.3) is 11.0 Å². The Hall–Kier alpha value is -1.26. The summed E-state index contributed by atoms with van der Waals surface area (Å²) in [5.41, 5.74) is 7.73. The fourth-order valence-corrected chi connectivity index (χ4v) is 2.08. The highest BCUT2D eigenvalue weighted by Gasteiger charge is 2.14. The largest absolute Gasteiger partial charge is 0.380 e. The fraction of sp³-hybridized carbons (Fsp3) is 0.417. The Morgan fingerprint density at radius 2 is 2.29 bits per heavy atom. The maximum absolute atomic E-state index is 5.93. The van der Waals surface area contributed by atoms with Crippen LogP contribution in [-0.2, 0) is 4.74 Å². The summed E-state index contributed by atoms with van der Waals surface area (Å²) in [5.74, 6) is 0.495. The summed E-state index contributed by atoms with van der Waals surface area (Å²) in [6.07, 6.45) is 0. The van der Waals surface area contributed by atoms with Crippen LogP contribution in [0.5, 0.6) is 0 Å². The maximum Gasteiger partial charge on any atom is 0.201 e. The predicted octanol–water partition coefficient (Wildman–Crippen LogP) is 2.87. The molecule has 0 spiro atoms. The lowest BCUT2D eigenvalue weighted by Gasteiger charge is -2.15. The van der Waals surface area contributed by atoms with Crippen molar-refractivity contribution >= 4 is 28.6 Å². The van der Waals surface area contributed by atoms with Gasteiger partial charge < -0.3 is 15.0 Å². The number of anilines is 1. The molecule has 0 saturated heterocycles. The molecule has 17 heavy (non-hydrogen) atoms. The Morgan fingerprint density at radius 1 is 1.53 bits per heavy atom. The lowest BCUT2D eigenvalue weighted by Crippen LogP contribution is -2.14. The average Bonchev–Trinajstić information content (AvgIpc) is 2.61. The van der Waals surface area contributed by atoms with Gasteiger partial charge in [-0.05, 0) is 32.0 Å². The predicted molar refractivity (Wildman–Crippen MR) is 70.4 cm³/mol. The van der Waals surface area contributed by atoms with Crippen molar-refractivity contribution in [3.63, 3.8) is 0 Å². The molecule has 1 heterocycles. The topological polar surface area (TPSA) is 53.1 Å². The molecule has 92 valence electrons. The zero-order valence-electron chi connectivity index (χ0n) is 9.98. The van der Waals surface area contributed by atoms with E-state index in [0.29, 0.717) is 24.2 Å². The Labute approximate surface area is 105 Å². The Bertz CT molecular complexity index is 524. The molecule has 1 aromatic carbocycles. The summed E-state index contributed by atoms with van der Waals surface area (Å²) < 4.78 is 7.39. The molecule has 0 aliphatic carbocycles. The van der Waals surface area contributed by atoms with Gasteiger partial charge in [0.2, 0.25) is 5.95 Å². The highest BCUT2D eigenvalue weighted by Crippen LogP contribution is 2.25. The summed E-state index contributed by atoms with van der Waals surface area (Å²) in [6.45, 7) is 5.35. The number of nitrogen functional groups attached to an aromatic ring is 1. The van der Waals surface area contributed by atoms with E-state index < -0.39 is 0 Å². The number of aromatic nitrogens is 2. The Kier molecular flexibility index (Phi) is 3.54. The summed E-state index contributed by atoms with van der Waals surface area (Å²) >= 11 is 5.93. The first-order chi connectivity index (χ1) is 8.13. The molecule has 1 atom stereocenters. The van der Waals surface area contributed by atoms with Crippen molar-refractivity contribution in [2.45, 2.75) is 19.9 Å². The number of benzene rings is 1. The number of hydrogen-bond donors (Lipinski definition) is 1. The van der Waals surface area contributed by atoms with E-state index >= 15 is 0 Å². The number of nitrogens with zero attached hydrogens (tertiary/aromatic N) is 2. The van der Waals surface area contributed by atoms with Crippen molar-refractivity contribution in [2.75, 3.05) is 18.9 Å². The molecule has 0 radical (unpaired) electrons.